The van der Waals surface area contributed by atoms with Crippen LogP contribution in [0.3, 0.4) is 0 Å². The Balaban J connectivity index is 1.51. The van der Waals surface area contributed by atoms with Crippen molar-refractivity contribution in [2.24, 2.45) is 5.92 Å². The quantitative estimate of drug-likeness (QED) is 0.944. The normalized spacial score (nSPS) is 29.1. The number of hydrogen-bond donors (Lipinski definition) is 1. The highest BCUT2D eigenvalue weighted by atomic mass is 32.1. The summed E-state index contributed by atoms with van der Waals surface area (Å²) in [7, 11) is 0. The van der Waals surface area contributed by atoms with E-state index >= 15 is 0 Å². The van der Waals surface area contributed by atoms with E-state index in [9.17, 15) is 13.6 Å². The van der Waals surface area contributed by atoms with Crippen molar-refractivity contribution in [3.8, 4) is 0 Å². The molecular formula is C15H14F2N2O2S. The fourth-order valence-corrected chi connectivity index (χ4v) is 4.07. The van der Waals surface area contributed by atoms with Crippen LogP contribution in [0.4, 0.5) is 8.78 Å². The van der Waals surface area contributed by atoms with Crippen LogP contribution < -0.4 is 5.32 Å². The van der Waals surface area contributed by atoms with Gasteiger partial charge in [-0.25, -0.2) is 8.78 Å². The molecule has 116 valence electrons. The summed E-state index contributed by atoms with van der Waals surface area (Å²) in [5.74, 6) is -4.05. The summed E-state index contributed by atoms with van der Waals surface area (Å²) < 4.78 is 38.2. The van der Waals surface area contributed by atoms with Crippen molar-refractivity contribution in [3.63, 3.8) is 0 Å². The maximum atomic E-state index is 13.9. The Morgan fingerprint density at radius 3 is 3.09 bits per heavy atom. The minimum absolute atomic E-state index is 0.171. The minimum atomic E-state index is -2.85. The first-order valence-electron chi connectivity index (χ1n) is 7.21. The van der Waals surface area contributed by atoms with Crippen LogP contribution in [0.25, 0.3) is 10.1 Å². The Morgan fingerprint density at radius 1 is 1.45 bits per heavy atom. The molecule has 2 aromatic rings. The summed E-state index contributed by atoms with van der Waals surface area (Å²) in [5.41, 5.74) is -1.22. The third-order valence-electron chi connectivity index (χ3n) is 4.58. The largest absolute Gasteiger partial charge is 0.366 e. The van der Waals surface area contributed by atoms with Gasteiger partial charge in [0, 0.05) is 12.0 Å². The average Bonchev–Trinajstić information content (AvgIpc) is 2.85. The predicted octanol–water partition coefficient (Wildman–Crippen LogP) is 2.84. The van der Waals surface area contributed by atoms with E-state index in [4.69, 9.17) is 4.74 Å². The number of amides is 1. The van der Waals surface area contributed by atoms with Gasteiger partial charge in [0.05, 0.1) is 17.2 Å². The molecule has 4 rings (SSSR count). The van der Waals surface area contributed by atoms with Crippen molar-refractivity contribution >= 4 is 27.5 Å². The number of carbonyl (C=O) groups excluding carboxylic acids is 1. The topological polar surface area (TPSA) is 51.2 Å². The van der Waals surface area contributed by atoms with Crippen LogP contribution in [-0.2, 0) is 4.74 Å². The Morgan fingerprint density at radius 2 is 2.27 bits per heavy atom. The van der Waals surface area contributed by atoms with Crippen LogP contribution in [-0.4, -0.2) is 35.0 Å². The van der Waals surface area contributed by atoms with E-state index < -0.39 is 23.3 Å². The van der Waals surface area contributed by atoms with Crippen LogP contribution in [0.1, 0.15) is 23.3 Å². The molecule has 1 saturated heterocycles. The zero-order chi connectivity index (χ0) is 15.4. The molecule has 0 bridgehead atoms. The van der Waals surface area contributed by atoms with Crippen LogP contribution in [0.15, 0.2) is 24.3 Å². The number of alkyl halides is 2. The lowest BCUT2D eigenvalue weighted by Gasteiger charge is -2.21. The number of hydrogen-bond acceptors (Lipinski definition) is 4. The summed E-state index contributed by atoms with van der Waals surface area (Å²) in [4.78, 5) is 12.3. The molecule has 1 aromatic carbocycles. The number of nitrogens with one attached hydrogen (secondary N) is 1. The molecule has 22 heavy (non-hydrogen) atoms. The van der Waals surface area contributed by atoms with Crippen molar-refractivity contribution in [2.75, 3.05) is 13.2 Å². The number of benzene rings is 1. The first-order chi connectivity index (χ1) is 10.6. The lowest BCUT2D eigenvalue weighted by Crippen LogP contribution is -2.41. The molecule has 1 aliphatic heterocycles. The Labute approximate surface area is 129 Å². The van der Waals surface area contributed by atoms with Gasteiger partial charge < -0.3 is 10.1 Å². The highest BCUT2D eigenvalue weighted by molar-refractivity contribution is 7.13. The summed E-state index contributed by atoms with van der Waals surface area (Å²) in [6.45, 7) is 0.150. The first kappa shape index (κ1) is 14.0. The van der Waals surface area contributed by atoms with Gasteiger partial charge in [0.15, 0.2) is 5.60 Å². The first-order valence-corrected chi connectivity index (χ1v) is 7.98. The van der Waals surface area contributed by atoms with Gasteiger partial charge in [-0.15, -0.1) is 0 Å². The molecule has 2 aliphatic rings. The second kappa shape index (κ2) is 4.70. The second-order valence-corrected chi connectivity index (χ2v) is 6.57. The van der Waals surface area contributed by atoms with E-state index in [0.717, 1.165) is 10.1 Å². The molecule has 0 spiro atoms. The summed E-state index contributed by atoms with van der Waals surface area (Å²) in [6.07, 6.45) is 1.09. The number of carbonyl (C=O) groups is 1. The highest BCUT2D eigenvalue weighted by Crippen LogP contribution is 2.64. The SMILES string of the molecule is O=C(NC[C@]12OCCC[C@H]1C2(F)F)c1nsc2ccccc12. The van der Waals surface area contributed by atoms with Gasteiger partial charge in [-0.2, -0.15) is 4.37 Å². The lowest BCUT2D eigenvalue weighted by atomic mass is 10.1. The molecule has 1 saturated carbocycles. The number of nitrogens with zero attached hydrogens (tertiary/aromatic N) is 1. The summed E-state index contributed by atoms with van der Waals surface area (Å²) in [6, 6.07) is 7.36. The van der Waals surface area contributed by atoms with Gasteiger partial charge >= 0.3 is 0 Å². The van der Waals surface area contributed by atoms with Gasteiger partial charge in [0.1, 0.15) is 5.69 Å². The zero-order valence-corrected chi connectivity index (χ0v) is 12.5. The monoisotopic (exact) mass is 324 g/mol. The van der Waals surface area contributed by atoms with Crippen molar-refractivity contribution < 1.29 is 18.3 Å². The number of aromatic nitrogens is 1. The molecule has 2 heterocycles. The Hall–Kier alpha value is -1.60. The van der Waals surface area contributed by atoms with Crippen LogP contribution >= 0.6 is 11.5 Å². The molecular weight excluding hydrogens is 310 g/mol. The van der Waals surface area contributed by atoms with Crippen LogP contribution in [0.2, 0.25) is 0 Å². The van der Waals surface area contributed by atoms with Gasteiger partial charge in [0.25, 0.3) is 11.8 Å². The van der Waals surface area contributed by atoms with E-state index in [1.165, 1.54) is 11.5 Å². The van der Waals surface area contributed by atoms with Crippen molar-refractivity contribution in [2.45, 2.75) is 24.4 Å². The average molecular weight is 324 g/mol. The molecule has 1 aliphatic carbocycles. The van der Waals surface area contributed by atoms with Crippen LogP contribution in [0.5, 0.6) is 0 Å². The van der Waals surface area contributed by atoms with E-state index in [1.54, 1.807) is 6.07 Å². The maximum Gasteiger partial charge on any atom is 0.284 e. The third-order valence-corrected chi connectivity index (χ3v) is 5.41. The number of fused-ring (bicyclic) bond motifs is 2. The standard InChI is InChI=1S/C15H14F2N2O2S/c16-15(17)11-6-3-7-21-14(11,15)8-18-13(20)12-9-4-1-2-5-10(9)22-19-12/h1-2,4-5,11H,3,6-8H2,(H,18,20)/t11-,14+/m1/s1. The summed E-state index contributed by atoms with van der Waals surface area (Å²) in [5, 5.41) is 3.33. The van der Waals surface area contributed by atoms with E-state index in [0.29, 0.717) is 19.4 Å². The molecule has 2 fully saturated rings. The number of rotatable bonds is 3. The van der Waals surface area contributed by atoms with E-state index in [1.807, 2.05) is 18.2 Å². The fraction of sp³-hybridized carbons (Fsp3) is 0.467. The van der Waals surface area contributed by atoms with Gasteiger partial charge in [0.2, 0.25) is 0 Å². The second-order valence-electron chi connectivity index (χ2n) is 5.77. The Kier molecular flexibility index (Phi) is 2.99. The molecule has 0 unspecified atom stereocenters. The number of halogens is 2. The van der Waals surface area contributed by atoms with Gasteiger partial charge in [-0.3, -0.25) is 4.79 Å². The maximum absolute atomic E-state index is 13.9. The summed E-state index contributed by atoms with van der Waals surface area (Å²) >= 11 is 1.22. The van der Waals surface area contributed by atoms with Crippen molar-refractivity contribution in [3.05, 3.63) is 30.0 Å². The van der Waals surface area contributed by atoms with Crippen molar-refractivity contribution in [1.82, 2.24) is 9.69 Å². The van der Waals surface area contributed by atoms with Crippen LogP contribution in [0, 0.1) is 5.92 Å². The number of ether oxygens (including phenoxy) is 1. The van der Waals surface area contributed by atoms with E-state index in [-0.39, 0.29) is 12.2 Å². The smallest absolute Gasteiger partial charge is 0.284 e. The van der Waals surface area contributed by atoms with Crippen molar-refractivity contribution in [1.29, 1.82) is 0 Å². The molecule has 1 N–H and O–H groups in total. The zero-order valence-electron chi connectivity index (χ0n) is 11.6. The molecule has 1 aromatic heterocycles. The molecule has 7 heteroatoms. The lowest BCUT2D eigenvalue weighted by molar-refractivity contribution is -0.0576. The van der Waals surface area contributed by atoms with E-state index in [2.05, 4.69) is 9.69 Å². The molecule has 4 nitrogen and oxygen atoms in total. The van der Waals surface area contributed by atoms with Gasteiger partial charge in [-0.05, 0) is 30.4 Å². The molecule has 0 radical (unpaired) electrons. The minimum Gasteiger partial charge on any atom is -0.366 e. The highest BCUT2D eigenvalue weighted by Gasteiger charge is 2.82. The predicted molar refractivity (Wildman–Crippen MR) is 78.3 cm³/mol. The molecule has 2 atom stereocenters. The Bertz CT molecular complexity index is 748. The fourth-order valence-electron chi connectivity index (χ4n) is 3.30. The third kappa shape index (κ3) is 1.82. The molecule has 1 amide bonds. The van der Waals surface area contributed by atoms with Gasteiger partial charge in [-0.1, -0.05) is 18.2 Å².